The van der Waals surface area contributed by atoms with E-state index in [1.54, 1.807) is 0 Å². The zero-order chi connectivity index (χ0) is 11.1. The predicted molar refractivity (Wildman–Crippen MR) is 68.8 cm³/mol. The summed E-state index contributed by atoms with van der Waals surface area (Å²) in [6.45, 7) is 7.39. The molecule has 1 heterocycles. The third-order valence-corrected chi connectivity index (χ3v) is 3.90. The minimum atomic E-state index is 0.846. The maximum atomic E-state index is 3.69. The fraction of sp³-hybridized carbons (Fsp3) is 1.00. The SMILES string of the molecule is C(CCN1CCNCC1)CNC1CCCC1. The molecule has 0 spiro atoms. The van der Waals surface area contributed by atoms with Crippen LogP contribution in [0.15, 0.2) is 0 Å². The molecule has 1 aliphatic heterocycles. The molecule has 0 atom stereocenters. The second-order valence-electron chi connectivity index (χ2n) is 5.23. The summed E-state index contributed by atoms with van der Waals surface area (Å²) >= 11 is 0. The number of hydrogen-bond donors (Lipinski definition) is 2. The van der Waals surface area contributed by atoms with Gasteiger partial charge in [-0.15, -0.1) is 0 Å². The standard InChI is InChI=1S/C13H27N3/c1-2-6-13(5-1)15-7-3-4-10-16-11-8-14-9-12-16/h13-15H,1-12H2. The Morgan fingerprint density at radius 2 is 1.81 bits per heavy atom. The molecule has 3 heteroatoms. The predicted octanol–water partition coefficient (Wildman–Crippen LogP) is 1.20. The van der Waals surface area contributed by atoms with Crippen molar-refractivity contribution >= 4 is 0 Å². The molecule has 0 amide bonds. The summed E-state index contributed by atoms with van der Waals surface area (Å²) < 4.78 is 0. The van der Waals surface area contributed by atoms with Crippen LogP contribution in [0.3, 0.4) is 0 Å². The van der Waals surface area contributed by atoms with E-state index in [1.807, 2.05) is 0 Å². The lowest BCUT2D eigenvalue weighted by atomic mass is 10.2. The van der Waals surface area contributed by atoms with Crippen LogP contribution in [0.25, 0.3) is 0 Å². The molecule has 1 aliphatic carbocycles. The van der Waals surface area contributed by atoms with Gasteiger partial charge < -0.3 is 15.5 Å². The van der Waals surface area contributed by atoms with E-state index >= 15 is 0 Å². The topological polar surface area (TPSA) is 27.3 Å². The summed E-state index contributed by atoms with van der Waals surface area (Å²) in [7, 11) is 0. The Morgan fingerprint density at radius 3 is 2.56 bits per heavy atom. The number of nitrogens with one attached hydrogen (secondary N) is 2. The van der Waals surface area contributed by atoms with Crippen LogP contribution in [0.4, 0.5) is 0 Å². The molecule has 94 valence electrons. The molecule has 0 aromatic carbocycles. The van der Waals surface area contributed by atoms with E-state index < -0.39 is 0 Å². The number of hydrogen-bond acceptors (Lipinski definition) is 3. The van der Waals surface area contributed by atoms with E-state index in [0.717, 1.165) is 6.04 Å². The molecule has 1 saturated heterocycles. The van der Waals surface area contributed by atoms with Gasteiger partial charge in [-0.1, -0.05) is 12.8 Å². The average molecular weight is 225 g/mol. The quantitative estimate of drug-likeness (QED) is 0.665. The van der Waals surface area contributed by atoms with Gasteiger partial charge in [0.05, 0.1) is 0 Å². The Labute approximate surface area is 100.0 Å². The van der Waals surface area contributed by atoms with Gasteiger partial charge in [-0.3, -0.25) is 0 Å². The molecule has 0 radical (unpaired) electrons. The third kappa shape index (κ3) is 4.40. The lowest BCUT2D eigenvalue weighted by molar-refractivity contribution is 0.236. The smallest absolute Gasteiger partial charge is 0.0107 e. The largest absolute Gasteiger partial charge is 0.314 e. The van der Waals surface area contributed by atoms with E-state index in [2.05, 4.69) is 15.5 Å². The summed E-state index contributed by atoms with van der Waals surface area (Å²) in [6.07, 6.45) is 8.42. The van der Waals surface area contributed by atoms with E-state index in [0.29, 0.717) is 0 Å². The lowest BCUT2D eigenvalue weighted by Gasteiger charge is -2.27. The van der Waals surface area contributed by atoms with Crippen molar-refractivity contribution in [2.75, 3.05) is 39.3 Å². The van der Waals surface area contributed by atoms with Crippen molar-refractivity contribution < 1.29 is 0 Å². The summed E-state index contributed by atoms with van der Waals surface area (Å²) in [5.41, 5.74) is 0. The molecule has 0 aromatic heterocycles. The molecule has 16 heavy (non-hydrogen) atoms. The van der Waals surface area contributed by atoms with Crippen molar-refractivity contribution in [1.29, 1.82) is 0 Å². The molecule has 2 N–H and O–H groups in total. The van der Waals surface area contributed by atoms with E-state index in [4.69, 9.17) is 0 Å². The number of piperazine rings is 1. The molecule has 3 nitrogen and oxygen atoms in total. The Bertz CT molecular complexity index is 172. The number of nitrogens with zero attached hydrogens (tertiary/aromatic N) is 1. The van der Waals surface area contributed by atoms with E-state index in [1.165, 1.54) is 77.8 Å². The van der Waals surface area contributed by atoms with Gasteiger partial charge >= 0.3 is 0 Å². The van der Waals surface area contributed by atoms with Gasteiger partial charge in [0.25, 0.3) is 0 Å². The van der Waals surface area contributed by atoms with Crippen molar-refractivity contribution in [3.05, 3.63) is 0 Å². The average Bonchev–Trinajstić information content (AvgIpc) is 2.83. The van der Waals surface area contributed by atoms with Crippen LogP contribution in [0.5, 0.6) is 0 Å². The molecule has 2 aliphatic rings. The van der Waals surface area contributed by atoms with Crippen LogP contribution < -0.4 is 10.6 Å². The fourth-order valence-corrected chi connectivity index (χ4v) is 2.83. The maximum absolute atomic E-state index is 3.69. The van der Waals surface area contributed by atoms with Gasteiger partial charge in [-0.05, 0) is 38.8 Å². The third-order valence-electron chi connectivity index (χ3n) is 3.90. The Hall–Kier alpha value is -0.120. The first-order chi connectivity index (χ1) is 7.95. The Morgan fingerprint density at radius 1 is 1.06 bits per heavy atom. The molecular weight excluding hydrogens is 198 g/mol. The van der Waals surface area contributed by atoms with Gasteiger partial charge in [0.15, 0.2) is 0 Å². The zero-order valence-electron chi connectivity index (χ0n) is 10.5. The first kappa shape index (κ1) is 12.3. The van der Waals surface area contributed by atoms with Crippen molar-refractivity contribution in [3.63, 3.8) is 0 Å². The molecule has 0 aromatic rings. The summed E-state index contributed by atoms with van der Waals surface area (Å²) in [4.78, 5) is 2.59. The first-order valence-electron chi connectivity index (χ1n) is 7.11. The van der Waals surface area contributed by atoms with Crippen LogP contribution in [-0.4, -0.2) is 50.2 Å². The van der Waals surface area contributed by atoms with Crippen LogP contribution in [0.2, 0.25) is 0 Å². The molecule has 1 saturated carbocycles. The summed E-state index contributed by atoms with van der Waals surface area (Å²) in [5, 5.41) is 7.09. The molecule has 0 unspecified atom stereocenters. The van der Waals surface area contributed by atoms with E-state index in [-0.39, 0.29) is 0 Å². The second kappa shape index (κ2) is 7.25. The highest BCUT2D eigenvalue weighted by atomic mass is 15.2. The van der Waals surface area contributed by atoms with Gasteiger partial charge in [0.2, 0.25) is 0 Å². The molecular formula is C13H27N3. The van der Waals surface area contributed by atoms with Crippen molar-refractivity contribution in [2.24, 2.45) is 0 Å². The van der Waals surface area contributed by atoms with Crippen LogP contribution >= 0.6 is 0 Å². The Balaban J connectivity index is 1.42. The van der Waals surface area contributed by atoms with Gasteiger partial charge in [0, 0.05) is 32.2 Å². The lowest BCUT2D eigenvalue weighted by Crippen LogP contribution is -2.43. The molecule has 0 bridgehead atoms. The van der Waals surface area contributed by atoms with Gasteiger partial charge in [-0.2, -0.15) is 0 Å². The van der Waals surface area contributed by atoms with Crippen molar-refractivity contribution in [1.82, 2.24) is 15.5 Å². The number of unbranched alkanes of at least 4 members (excludes halogenated alkanes) is 1. The highest BCUT2D eigenvalue weighted by Gasteiger charge is 2.13. The second-order valence-corrected chi connectivity index (χ2v) is 5.23. The minimum absolute atomic E-state index is 0.846. The minimum Gasteiger partial charge on any atom is -0.314 e. The maximum Gasteiger partial charge on any atom is 0.0107 e. The highest BCUT2D eigenvalue weighted by molar-refractivity contribution is 4.73. The van der Waals surface area contributed by atoms with Crippen molar-refractivity contribution in [2.45, 2.75) is 44.6 Å². The normalized spacial score (nSPS) is 24.0. The number of rotatable bonds is 6. The highest BCUT2D eigenvalue weighted by Crippen LogP contribution is 2.17. The van der Waals surface area contributed by atoms with Crippen LogP contribution in [0, 0.1) is 0 Å². The van der Waals surface area contributed by atoms with Crippen LogP contribution in [0.1, 0.15) is 38.5 Å². The summed E-state index contributed by atoms with van der Waals surface area (Å²) in [6, 6.07) is 0.846. The van der Waals surface area contributed by atoms with Gasteiger partial charge in [-0.25, -0.2) is 0 Å². The van der Waals surface area contributed by atoms with Gasteiger partial charge in [0.1, 0.15) is 0 Å². The molecule has 2 fully saturated rings. The Kier molecular flexibility index (Phi) is 5.59. The zero-order valence-corrected chi connectivity index (χ0v) is 10.5. The molecule has 2 rings (SSSR count). The monoisotopic (exact) mass is 225 g/mol. The van der Waals surface area contributed by atoms with E-state index in [9.17, 15) is 0 Å². The first-order valence-corrected chi connectivity index (χ1v) is 7.11. The van der Waals surface area contributed by atoms with Crippen LogP contribution in [-0.2, 0) is 0 Å². The van der Waals surface area contributed by atoms with Crippen molar-refractivity contribution in [3.8, 4) is 0 Å². The fourth-order valence-electron chi connectivity index (χ4n) is 2.83. The summed E-state index contributed by atoms with van der Waals surface area (Å²) in [5.74, 6) is 0.